The molecule has 0 bridgehead atoms. The van der Waals surface area contributed by atoms with E-state index in [4.69, 9.17) is 21.1 Å². The van der Waals surface area contributed by atoms with Crippen molar-refractivity contribution < 1.29 is 14.3 Å². The van der Waals surface area contributed by atoms with Crippen LogP contribution in [0.3, 0.4) is 0 Å². The maximum absolute atomic E-state index is 12.8. The Kier molecular flexibility index (Phi) is 5.26. The molecule has 1 amide bonds. The zero-order valence-corrected chi connectivity index (χ0v) is 15.4. The summed E-state index contributed by atoms with van der Waals surface area (Å²) in [5.74, 6) is 1.14. The monoisotopic (exact) mass is 410 g/mol. The number of pyridine rings is 1. The van der Waals surface area contributed by atoms with Crippen molar-refractivity contribution >= 4 is 33.4 Å². The normalized spacial score (nSPS) is 17.0. The third kappa shape index (κ3) is 3.65. The summed E-state index contributed by atoms with van der Waals surface area (Å²) in [5, 5.41) is 0.506. The second-order valence-corrected chi connectivity index (χ2v) is 6.72. The Morgan fingerprint density at radius 2 is 2.21 bits per heavy atom. The van der Waals surface area contributed by atoms with Crippen LogP contribution < -0.4 is 9.47 Å². The lowest BCUT2D eigenvalue weighted by Crippen LogP contribution is -2.31. The van der Waals surface area contributed by atoms with Crippen molar-refractivity contribution in [3.8, 4) is 11.5 Å². The molecule has 0 aliphatic carbocycles. The Morgan fingerprint density at radius 3 is 2.96 bits per heavy atom. The largest absolute Gasteiger partial charge is 0.496 e. The van der Waals surface area contributed by atoms with Crippen molar-refractivity contribution in [2.75, 3.05) is 20.2 Å². The number of aromatic nitrogens is 1. The SMILES string of the molecule is COc1ccc(Cl)cc1C(=O)N1CCC(Oc2ccncc2Br)C1. The summed E-state index contributed by atoms with van der Waals surface area (Å²) in [6, 6.07) is 6.84. The zero-order chi connectivity index (χ0) is 17.1. The molecular weight excluding hydrogens is 396 g/mol. The first kappa shape index (κ1) is 17.0. The fraction of sp³-hybridized carbons (Fsp3) is 0.294. The van der Waals surface area contributed by atoms with Crippen LogP contribution in [0.5, 0.6) is 11.5 Å². The first-order valence-corrected chi connectivity index (χ1v) is 8.64. The van der Waals surface area contributed by atoms with Gasteiger partial charge in [-0.25, -0.2) is 0 Å². The lowest BCUT2D eigenvalue weighted by atomic mass is 10.1. The molecule has 0 N–H and O–H groups in total. The van der Waals surface area contributed by atoms with Gasteiger partial charge in [-0.3, -0.25) is 9.78 Å². The van der Waals surface area contributed by atoms with Crippen LogP contribution in [0.15, 0.2) is 41.1 Å². The topological polar surface area (TPSA) is 51.7 Å². The number of ether oxygens (including phenoxy) is 2. The van der Waals surface area contributed by atoms with Gasteiger partial charge in [-0.05, 0) is 40.2 Å². The van der Waals surface area contributed by atoms with E-state index in [0.717, 1.165) is 16.6 Å². The first-order chi connectivity index (χ1) is 11.6. The van der Waals surface area contributed by atoms with Gasteiger partial charge in [0.15, 0.2) is 0 Å². The lowest BCUT2D eigenvalue weighted by molar-refractivity contribution is 0.0769. The summed E-state index contributed by atoms with van der Waals surface area (Å²) in [5.41, 5.74) is 0.468. The minimum Gasteiger partial charge on any atom is -0.496 e. The van der Waals surface area contributed by atoms with Gasteiger partial charge < -0.3 is 14.4 Å². The van der Waals surface area contributed by atoms with E-state index in [-0.39, 0.29) is 12.0 Å². The highest BCUT2D eigenvalue weighted by molar-refractivity contribution is 9.10. The quantitative estimate of drug-likeness (QED) is 0.768. The van der Waals surface area contributed by atoms with E-state index >= 15 is 0 Å². The van der Waals surface area contributed by atoms with Gasteiger partial charge in [-0.15, -0.1) is 0 Å². The number of nitrogens with zero attached hydrogens (tertiary/aromatic N) is 2. The minimum atomic E-state index is -0.103. The van der Waals surface area contributed by atoms with Crippen LogP contribution >= 0.6 is 27.5 Å². The number of benzene rings is 1. The van der Waals surface area contributed by atoms with Crippen molar-refractivity contribution in [2.45, 2.75) is 12.5 Å². The number of carbonyl (C=O) groups is 1. The molecule has 2 aromatic rings. The van der Waals surface area contributed by atoms with Crippen LogP contribution in [0.1, 0.15) is 16.8 Å². The summed E-state index contributed by atoms with van der Waals surface area (Å²) < 4.78 is 12.0. The van der Waals surface area contributed by atoms with E-state index < -0.39 is 0 Å². The summed E-state index contributed by atoms with van der Waals surface area (Å²) >= 11 is 9.43. The van der Waals surface area contributed by atoms with E-state index in [1.54, 1.807) is 41.6 Å². The molecule has 3 rings (SSSR count). The van der Waals surface area contributed by atoms with Crippen molar-refractivity contribution in [3.05, 3.63) is 51.7 Å². The highest BCUT2D eigenvalue weighted by Gasteiger charge is 2.30. The van der Waals surface area contributed by atoms with Crippen LogP contribution in [-0.4, -0.2) is 42.1 Å². The molecule has 1 fully saturated rings. The molecule has 126 valence electrons. The molecule has 1 aromatic heterocycles. The number of hydrogen-bond donors (Lipinski definition) is 0. The molecule has 24 heavy (non-hydrogen) atoms. The van der Waals surface area contributed by atoms with Crippen molar-refractivity contribution in [3.63, 3.8) is 0 Å². The van der Waals surface area contributed by atoms with Crippen molar-refractivity contribution in [1.29, 1.82) is 0 Å². The third-order valence-corrected chi connectivity index (χ3v) is 4.68. The maximum Gasteiger partial charge on any atom is 0.257 e. The molecule has 2 heterocycles. The fourth-order valence-electron chi connectivity index (χ4n) is 2.66. The number of hydrogen-bond acceptors (Lipinski definition) is 4. The summed E-state index contributed by atoms with van der Waals surface area (Å²) in [6.07, 6.45) is 4.07. The first-order valence-electron chi connectivity index (χ1n) is 7.47. The Morgan fingerprint density at radius 1 is 1.38 bits per heavy atom. The minimum absolute atomic E-state index is 0.0576. The van der Waals surface area contributed by atoms with Gasteiger partial charge in [0.2, 0.25) is 0 Å². The molecule has 0 spiro atoms. The molecule has 1 aliphatic rings. The molecule has 7 heteroatoms. The van der Waals surface area contributed by atoms with E-state index in [9.17, 15) is 4.79 Å². The zero-order valence-electron chi connectivity index (χ0n) is 13.0. The molecule has 1 atom stereocenters. The number of amides is 1. The van der Waals surface area contributed by atoms with E-state index in [1.165, 1.54) is 7.11 Å². The Balaban J connectivity index is 1.70. The molecule has 0 radical (unpaired) electrons. The molecule has 1 unspecified atom stereocenters. The average Bonchev–Trinajstić information content (AvgIpc) is 3.05. The molecule has 0 saturated carbocycles. The number of likely N-dealkylation sites (tertiary alicyclic amines) is 1. The maximum atomic E-state index is 12.8. The predicted molar refractivity (Wildman–Crippen MR) is 94.9 cm³/mol. The standard InChI is InChI=1S/C17H16BrClN2O3/c1-23-15-3-2-11(19)8-13(15)17(22)21-7-5-12(10-21)24-16-4-6-20-9-14(16)18/h2-4,6,8-9,12H,5,7,10H2,1H3. The predicted octanol–water partition coefficient (Wildman–Crippen LogP) is 3.80. The van der Waals surface area contributed by atoms with Crippen LogP contribution in [0.2, 0.25) is 5.02 Å². The Labute approximate surface area is 153 Å². The van der Waals surface area contributed by atoms with E-state index in [0.29, 0.717) is 29.4 Å². The average molecular weight is 412 g/mol. The second kappa shape index (κ2) is 7.40. The van der Waals surface area contributed by atoms with E-state index in [1.807, 2.05) is 0 Å². The van der Waals surface area contributed by atoms with Gasteiger partial charge in [0.05, 0.1) is 23.7 Å². The highest BCUT2D eigenvalue weighted by atomic mass is 79.9. The smallest absolute Gasteiger partial charge is 0.257 e. The van der Waals surface area contributed by atoms with Crippen LogP contribution in [-0.2, 0) is 0 Å². The summed E-state index contributed by atoms with van der Waals surface area (Å²) in [4.78, 5) is 18.5. The van der Waals surface area contributed by atoms with Gasteiger partial charge in [0, 0.05) is 30.4 Å². The number of carbonyl (C=O) groups excluding carboxylic acids is 1. The molecular formula is C17H16BrClN2O3. The molecule has 1 saturated heterocycles. The van der Waals surface area contributed by atoms with Crippen LogP contribution in [0, 0.1) is 0 Å². The van der Waals surface area contributed by atoms with Gasteiger partial charge in [-0.1, -0.05) is 11.6 Å². The number of rotatable bonds is 4. The van der Waals surface area contributed by atoms with E-state index in [2.05, 4.69) is 20.9 Å². The van der Waals surface area contributed by atoms with Gasteiger partial charge in [-0.2, -0.15) is 0 Å². The van der Waals surface area contributed by atoms with Gasteiger partial charge in [0.1, 0.15) is 17.6 Å². The fourth-order valence-corrected chi connectivity index (χ4v) is 3.18. The Bertz CT molecular complexity index is 756. The Hall–Kier alpha value is -1.79. The molecule has 5 nitrogen and oxygen atoms in total. The lowest BCUT2D eigenvalue weighted by Gasteiger charge is -2.19. The van der Waals surface area contributed by atoms with Crippen LogP contribution in [0.25, 0.3) is 0 Å². The third-order valence-electron chi connectivity index (χ3n) is 3.85. The second-order valence-electron chi connectivity index (χ2n) is 5.43. The highest BCUT2D eigenvalue weighted by Crippen LogP contribution is 2.28. The number of halogens is 2. The summed E-state index contributed by atoms with van der Waals surface area (Å²) in [7, 11) is 1.54. The number of methoxy groups -OCH3 is 1. The van der Waals surface area contributed by atoms with Gasteiger partial charge >= 0.3 is 0 Å². The van der Waals surface area contributed by atoms with Gasteiger partial charge in [0.25, 0.3) is 5.91 Å². The van der Waals surface area contributed by atoms with Crippen molar-refractivity contribution in [2.24, 2.45) is 0 Å². The summed E-state index contributed by atoms with van der Waals surface area (Å²) in [6.45, 7) is 1.14. The van der Waals surface area contributed by atoms with Crippen LogP contribution in [0.4, 0.5) is 0 Å². The van der Waals surface area contributed by atoms with Crippen molar-refractivity contribution in [1.82, 2.24) is 9.88 Å². The molecule has 1 aromatic carbocycles. The molecule has 1 aliphatic heterocycles.